The molecule has 0 aliphatic carbocycles. The summed E-state index contributed by atoms with van der Waals surface area (Å²) in [5.74, 6) is -0.121. The molecule has 3 rings (SSSR count). The number of nitrogens with zero attached hydrogens (tertiary/aromatic N) is 1. The van der Waals surface area contributed by atoms with Crippen LogP contribution in [-0.2, 0) is 14.8 Å². The highest BCUT2D eigenvalue weighted by Crippen LogP contribution is 2.35. The molecule has 32 heavy (non-hydrogen) atoms. The van der Waals surface area contributed by atoms with Crippen molar-refractivity contribution in [3.05, 3.63) is 57.1 Å². The van der Waals surface area contributed by atoms with Crippen LogP contribution >= 0.6 is 23.2 Å². The largest absolute Gasteiger partial charge is 0.379 e. The van der Waals surface area contributed by atoms with Gasteiger partial charge in [-0.2, -0.15) is 4.31 Å². The Morgan fingerprint density at radius 1 is 1.00 bits per heavy atom. The van der Waals surface area contributed by atoms with E-state index in [1.54, 1.807) is 0 Å². The fourth-order valence-corrected chi connectivity index (χ4v) is 5.94. The fraction of sp³-hybridized carbons (Fsp3) is 0.435. The van der Waals surface area contributed by atoms with E-state index in [0.717, 1.165) is 16.8 Å². The minimum atomic E-state index is -3.90. The molecular formula is C23H28Cl2N2O4S. The van der Waals surface area contributed by atoms with E-state index < -0.39 is 15.9 Å². The highest BCUT2D eigenvalue weighted by molar-refractivity contribution is 7.89. The van der Waals surface area contributed by atoms with Crippen molar-refractivity contribution in [3.63, 3.8) is 0 Å². The first-order chi connectivity index (χ1) is 15.0. The summed E-state index contributed by atoms with van der Waals surface area (Å²) in [5.41, 5.74) is 2.77. The number of sulfonamides is 1. The molecule has 1 aliphatic rings. The molecule has 1 amide bonds. The molecule has 2 aromatic rings. The maximum atomic E-state index is 13.3. The second kappa shape index (κ2) is 10.1. The highest BCUT2D eigenvalue weighted by Gasteiger charge is 2.30. The Morgan fingerprint density at radius 3 is 2.09 bits per heavy atom. The molecule has 0 unspecified atom stereocenters. The first kappa shape index (κ1) is 25.0. The van der Waals surface area contributed by atoms with Gasteiger partial charge in [-0.15, -0.1) is 0 Å². The second-order valence-electron chi connectivity index (χ2n) is 8.35. The van der Waals surface area contributed by atoms with E-state index in [1.165, 1.54) is 16.4 Å². The lowest BCUT2D eigenvalue weighted by atomic mass is 9.92. The Bertz CT molecular complexity index is 1080. The van der Waals surface area contributed by atoms with Gasteiger partial charge in [0.2, 0.25) is 10.0 Å². The summed E-state index contributed by atoms with van der Waals surface area (Å²) in [7, 11) is -3.90. The molecule has 0 atom stereocenters. The molecule has 0 aromatic heterocycles. The molecule has 1 aliphatic heterocycles. The van der Waals surface area contributed by atoms with Gasteiger partial charge in [0.15, 0.2) is 0 Å². The van der Waals surface area contributed by atoms with Crippen LogP contribution in [0.1, 0.15) is 61.0 Å². The van der Waals surface area contributed by atoms with Gasteiger partial charge in [-0.25, -0.2) is 8.42 Å². The zero-order chi connectivity index (χ0) is 23.6. The monoisotopic (exact) mass is 498 g/mol. The summed E-state index contributed by atoms with van der Waals surface area (Å²) in [5, 5.41) is 3.04. The van der Waals surface area contributed by atoms with Crippen molar-refractivity contribution < 1.29 is 17.9 Å². The minimum absolute atomic E-state index is 0.0245. The summed E-state index contributed by atoms with van der Waals surface area (Å²) >= 11 is 12.6. The van der Waals surface area contributed by atoms with Gasteiger partial charge in [0.1, 0.15) is 4.90 Å². The Labute approximate surface area is 199 Å². The summed E-state index contributed by atoms with van der Waals surface area (Å²) in [4.78, 5) is 13.1. The van der Waals surface area contributed by atoms with Crippen LogP contribution in [0.4, 0.5) is 5.69 Å². The maximum absolute atomic E-state index is 13.3. The molecule has 6 nitrogen and oxygen atoms in total. The third-order valence-electron chi connectivity index (χ3n) is 5.47. The third kappa shape index (κ3) is 5.13. The van der Waals surface area contributed by atoms with Gasteiger partial charge < -0.3 is 10.1 Å². The van der Waals surface area contributed by atoms with Crippen molar-refractivity contribution >= 4 is 44.8 Å². The van der Waals surface area contributed by atoms with Gasteiger partial charge in [0.05, 0.1) is 28.8 Å². The lowest BCUT2D eigenvalue weighted by Gasteiger charge is -2.26. The molecule has 1 saturated heterocycles. The Hall–Kier alpha value is -1.64. The van der Waals surface area contributed by atoms with Crippen molar-refractivity contribution in [2.45, 2.75) is 44.4 Å². The normalized spacial score (nSPS) is 15.4. The van der Waals surface area contributed by atoms with Crippen LogP contribution in [0.15, 0.2) is 35.2 Å². The number of amides is 1. The predicted octanol–water partition coefficient (Wildman–Crippen LogP) is 5.51. The Morgan fingerprint density at radius 2 is 1.56 bits per heavy atom. The van der Waals surface area contributed by atoms with Gasteiger partial charge in [-0.05, 0) is 35.1 Å². The molecule has 1 fully saturated rings. The van der Waals surface area contributed by atoms with E-state index in [0.29, 0.717) is 13.2 Å². The smallest absolute Gasteiger partial charge is 0.257 e. The molecule has 0 radical (unpaired) electrons. The highest BCUT2D eigenvalue weighted by atomic mass is 35.5. The van der Waals surface area contributed by atoms with Crippen molar-refractivity contribution in [2.75, 3.05) is 31.6 Å². The number of morpholine rings is 1. The van der Waals surface area contributed by atoms with Crippen molar-refractivity contribution in [2.24, 2.45) is 0 Å². The molecule has 9 heteroatoms. The van der Waals surface area contributed by atoms with Crippen LogP contribution < -0.4 is 5.32 Å². The standard InChI is InChI=1S/C23H28Cl2N2O4S/c1-14(2)16-6-5-7-17(15(3)4)22(16)26-23(28)18-12-21(20(25)13-19(18)24)32(29,30)27-8-10-31-11-9-27/h5-7,12-15H,8-11H2,1-4H3,(H,26,28). The van der Waals surface area contributed by atoms with E-state index in [4.69, 9.17) is 27.9 Å². The van der Waals surface area contributed by atoms with Crippen molar-refractivity contribution in [1.82, 2.24) is 4.31 Å². The van der Waals surface area contributed by atoms with Crippen LogP contribution in [0.3, 0.4) is 0 Å². The first-order valence-electron chi connectivity index (χ1n) is 10.5. The number of anilines is 1. The van der Waals surface area contributed by atoms with E-state index in [9.17, 15) is 13.2 Å². The lowest BCUT2D eigenvalue weighted by molar-refractivity contribution is 0.0730. The number of hydrogen-bond donors (Lipinski definition) is 1. The summed E-state index contributed by atoms with van der Waals surface area (Å²) in [6, 6.07) is 8.50. The molecule has 0 bridgehead atoms. The molecular weight excluding hydrogens is 471 g/mol. The predicted molar refractivity (Wildman–Crippen MR) is 129 cm³/mol. The van der Waals surface area contributed by atoms with E-state index >= 15 is 0 Å². The third-order valence-corrected chi connectivity index (χ3v) is 8.14. The van der Waals surface area contributed by atoms with Crippen LogP contribution in [0, 0.1) is 0 Å². The first-order valence-corrected chi connectivity index (χ1v) is 12.7. The van der Waals surface area contributed by atoms with Crippen LogP contribution in [0.2, 0.25) is 10.0 Å². The average Bonchev–Trinajstić information content (AvgIpc) is 2.73. The number of rotatable bonds is 6. The van der Waals surface area contributed by atoms with Crippen LogP contribution in [0.25, 0.3) is 0 Å². The number of carbonyl (C=O) groups is 1. The fourth-order valence-electron chi connectivity index (χ4n) is 3.70. The number of carbonyl (C=O) groups excluding carboxylic acids is 1. The number of para-hydroxylation sites is 1. The Kier molecular flexibility index (Phi) is 7.89. The zero-order valence-electron chi connectivity index (χ0n) is 18.6. The quantitative estimate of drug-likeness (QED) is 0.569. The molecule has 1 N–H and O–H groups in total. The minimum Gasteiger partial charge on any atom is -0.379 e. The summed E-state index contributed by atoms with van der Waals surface area (Å²) in [6.45, 7) is 9.28. The summed E-state index contributed by atoms with van der Waals surface area (Å²) < 4.78 is 32.8. The van der Waals surface area contributed by atoms with Gasteiger partial charge in [-0.1, -0.05) is 69.1 Å². The molecule has 0 spiro atoms. The van der Waals surface area contributed by atoms with Gasteiger partial charge in [-0.3, -0.25) is 4.79 Å². The molecule has 0 saturated carbocycles. The topological polar surface area (TPSA) is 75.7 Å². The average molecular weight is 499 g/mol. The van der Waals surface area contributed by atoms with Gasteiger partial charge >= 0.3 is 0 Å². The van der Waals surface area contributed by atoms with E-state index in [2.05, 4.69) is 33.0 Å². The lowest BCUT2D eigenvalue weighted by Crippen LogP contribution is -2.40. The van der Waals surface area contributed by atoms with Gasteiger partial charge in [0.25, 0.3) is 5.91 Å². The second-order valence-corrected chi connectivity index (χ2v) is 11.1. The Balaban J connectivity index is 2.03. The molecule has 2 aromatic carbocycles. The molecule has 174 valence electrons. The van der Waals surface area contributed by atoms with Crippen LogP contribution in [-0.4, -0.2) is 44.9 Å². The molecule has 1 heterocycles. The number of benzene rings is 2. The zero-order valence-corrected chi connectivity index (χ0v) is 20.9. The van der Waals surface area contributed by atoms with Gasteiger partial charge in [0, 0.05) is 18.8 Å². The number of nitrogens with one attached hydrogen (secondary N) is 1. The van der Waals surface area contributed by atoms with Crippen LogP contribution in [0.5, 0.6) is 0 Å². The maximum Gasteiger partial charge on any atom is 0.257 e. The van der Waals surface area contributed by atoms with Crippen molar-refractivity contribution in [3.8, 4) is 0 Å². The number of ether oxygens (including phenoxy) is 1. The number of hydrogen-bond acceptors (Lipinski definition) is 4. The SMILES string of the molecule is CC(C)c1cccc(C(C)C)c1NC(=O)c1cc(S(=O)(=O)N2CCOCC2)c(Cl)cc1Cl. The number of halogens is 2. The van der Waals surface area contributed by atoms with E-state index in [1.807, 2.05) is 18.2 Å². The van der Waals surface area contributed by atoms with Crippen molar-refractivity contribution in [1.29, 1.82) is 0 Å². The summed E-state index contributed by atoms with van der Waals surface area (Å²) in [6.07, 6.45) is 0. The van der Waals surface area contributed by atoms with E-state index in [-0.39, 0.29) is 45.4 Å².